The molecule has 0 radical (unpaired) electrons. The van der Waals surface area contributed by atoms with Crippen LogP contribution in [0.3, 0.4) is 0 Å². The van der Waals surface area contributed by atoms with E-state index in [4.69, 9.17) is 14.2 Å². The standard InChI is InChI=1S/C10H22O6S/c1-10(9-16-17(3,11)12)8-15-7-6-14-5-4-13-2/h10H,4-9H2,1-3H3. The van der Waals surface area contributed by atoms with Gasteiger partial charge in [-0.15, -0.1) is 0 Å². The van der Waals surface area contributed by atoms with Crippen LogP contribution in [-0.2, 0) is 28.5 Å². The van der Waals surface area contributed by atoms with Crippen LogP contribution in [0.25, 0.3) is 0 Å². The van der Waals surface area contributed by atoms with Crippen LogP contribution < -0.4 is 0 Å². The van der Waals surface area contributed by atoms with Gasteiger partial charge in [0, 0.05) is 13.0 Å². The van der Waals surface area contributed by atoms with Gasteiger partial charge in [-0.2, -0.15) is 8.42 Å². The van der Waals surface area contributed by atoms with Gasteiger partial charge in [-0.1, -0.05) is 6.92 Å². The molecule has 1 atom stereocenters. The molecule has 0 saturated heterocycles. The molecule has 0 rings (SSSR count). The highest BCUT2D eigenvalue weighted by Gasteiger charge is 2.07. The Morgan fingerprint density at radius 1 is 1.00 bits per heavy atom. The minimum absolute atomic E-state index is 0.0312. The predicted molar refractivity (Wildman–Crippen MR) is 63.5 cm³/mol. The Bertz CT molecular complexity index is 264. The summed E-state index contributed by atoms with van der Waals surface area (Å²) in [5.41, 5.74) is 0. The van der Waals surface area contributed by atoms with Crippen molar-refractivity contribution in [3.63, 3.8) is 0 Å². The van der Waals surface area contributed by atoms with E-state index in [-0.39, 0.29) is 12.5 Å². The zero-order chi connectivity index (χ0) is 13.1. The largest absolute Gasteiger partial charge is 0.382 e. The summed E-state index contributed by atoms with van der Waals surface area (Å²) in [6, 6.07) is 0. The summed E-state index contributed by atoms with van der Waals surface area (Å²) in [5.74, 6) is 0.0312. The molecule has 0 heterocycles. The molecule has 0 aromatic carbocycles. The SMILES string of the molecule is COCCOCCOCC(C)COS(C)(=O)=O. The Balaban J connectivity index is 3.30. The van der Waals surface area contributed by atoms with Gasteiger partial charge in [-0.3, -0.25) is 4.18 Å². The fourth-order valence-corrected chi connectivity index (χ4v) is 1.41. The van der Waals surface area contributed by atoms with E-state index in [1.807, 2.05) is 6.92 Å². The molecule has 7 heteroatoms. The van der Waals surface area contributed by atoms with Crippen molar-refractivity contribution >= 4 is 10.1 Å². The summed E-state index contributed by atoms with van der Waals surface area (Å²) in [6.45, 7) is 4.55. The summed E-state index contributed by atoms with van der Waals surface area (Å²) in [7, 11) is -1.74. The van der Waals surface area contributed by atoms with Crippen LogP contribution >= 0.6 is 0 Å². The van der Waals surface area contributed by atoms with Crippen molar-refractivity contribution < 1.29 is 26.8 Å². The number of hydrogen-bond acceptors (Lipinski definition) is 6. The van der Waals surface area contributed by atoms with E-state index < -0.39 is 10.1 Å². The van der Waals surface area contributed by atoms with Crippen LogP contribution in [0.1, 0.15) is 6.92 Å². The fourth-order valence-electron chi connectivity index (χ4n) is 0.935. The molecule has 104 valence electrons. The zero-order valence-electron chi connectivity index (χ0n) is 10.7. The van der Waals surface area contributed by atoms with Crippen LogP contribution in [0.15, 0.2) is 0 Å². The Kier molecular flexibility index (Phi) is 9.66. The Morgan fingerprint density at radius 3 is 2.18 bits per heavy atom. The van der Waals surface area contributed by atoms with Gasteiger partial charge >= 0.3 is 0 Å². The lowest BCUT2D eigenvalue weighted by Gasteiger charge is -2.11. The van der Waals surface area contributed by atoms with Crippen molar-refractivity contribution in [3.05, 3.63) is 0 Å². The van der Waals surface area contributed by atoms with Gasteiger partial charge in [0.1, 0.15) is 0 Å². The lowest BCUT2D eigenvalue weighted by molar-refractivity contribution is 0.0131. The van der Waals surface area contributed by atoms with Gasteiger partial charge in [0.25, 0.3) is 10.1 Å². The lowest BCUT2D eigenvalue weighted by Crippen LogP contribution is -2.17. The third-order valence-electron chi connectivity index (χ3n) is 1.77. The molecule has 0 aromatic heterocycles. The van der Waals surface area contributed by atoms with E-state index in [2.05, 4.69) is 4.18 Å². The highest BCUT2D eigenvalue weighted by atomic mass is 32.2. The average molecular weight is 270 g/mol. The molecule has 1 unspecified atom stereocenters. The molecule has 0 fully saturated rings. The summed E-state index contributed by atoms with van der Waals surface area (Å²) in [4.78, 5) is 0. The molecule has 0 aliphatic carbocycles. The first-order valence-electron chi connectivity index (χ1n) is 5.44. The second kappa shape index (κ2) is 9.78. The minimum Gasteiger partial charge on any atom is -0.382 e. The third-order valence-corrected chi connectivity index (χ3v) is 2.34. The topological polar surface area (TPSA) is 71.1 Å². The van der Waals surface area contributed by atoms with Crippen LogP contribution in [0.5, 0.6) is 0 Å². The molecule has 6 nitrogen and oxygen atoms in total. The second-order valence-corrected chi connectivity index (χ2v) is 5.42. The predicted octanol–water partition coefficient (Wildman–Crippen LogP) is 0.278. The van der Waals surface area contributed by atoms with Crippen molar-refractivity contribution in [2.75, 3.05) is 53.0 Å². The summed E-state index contributed by atoms with van der Waals surface area (Å²) < 4.78 is 41.4. The maximum atomic E-state index is 10.7. The Morgan fingerprint density at radius 2 is 1.59 bits per heavy atom. The number of ether oxygens (including phenoxy) is 3. The van der Waals surface area contributed by atoms with Gasteiger partial charge in [0.2, 0.25) is 0 Å². The van der Waals surface area contributed by atoms with Gasteiger partial charge in [-0.05, 0) is 0 Å². The fraction of sp³-hybridized carbons (Fsp3) is 1.00. The smallest absolute Gasteiger partial charge is 0.264 e. The third kappa shape index (κ3) is 13.7. The van der Waals surface area contributed by atoms with Gasteiger partial charge < -0.3 is 14.2 Å². The van der Waals surface area contributed by atoms with Crippen LogP contribution in [0.4, 0.5) is 0 Å². The first kappa shape index (κ1) is 16.8. The molecular formula is C10H22O6S. The van der Waals surface area contributed by atoms with Gasteiger partial charge in [0.15, 0.2) is 0 Å². The van der Waals surface area contributed by atoms with E-state index in [9.17, 15) is 8.42 Å². The van der Waals surface area contributed by atoms with Crippen molar-refractivity contribution in [1.29, 1.82) is 0 Å². The maximum absolute atomic E-state index is 10.7. The van der Waals surface area contributed by atoms with Crippen molar-refractivity contribution in [2.45, 2.75) is 6.92 Å². The summed E-state index contributed by atoms with van der Waals surface area (Å²) >= 11 is 0. The van der Waals surface area contributed by atoms with Crippen molar-refractivity contribution in [1.82, 2.24) is 0 Å². The first-order chi connectivity index (χ1) is 7.95. The van der Waals surface area contributed by atoms with Crippen LogP contribution in [-0.4, -0.2) is 61.4 Å². The van der Waals surface area contributed by atoms with E-state index in [1.54, 1.807) is 7.11 Å². The van der Waals surface area contributed by atoms with E-state index in [0.717, 1.165) is 6.26 Å². The van der Waals surface area contributed by atoms with E-state index >= 15 is 0 Å². The van der Waals surface area contributed by atoms with E-state index in [0.29, 0.717) is 33.0 Å². The van der Waals surface area contributed by atoms with Gasteiger partial charge in [0.05, 0.1) is 45.9 Å². The minimum atomic E-state index is -3.36. The normalized spacial score (nSPS) is 13.8. The summed E-state index contributed by atoms with van der Waals surface area (Å²) in [5, 5.41) is 0. The average Bonchev–Trinajstić information content (AvgIpc) is 2.24. The maximum Gasteiger partial charge on any atom is 0.264 e. The lowest BCUT2D eigenvalue weighted by atomic mass is 10.2. The molecule has 0 spiro atoms. The molecule has 0 amide bonds. The Labute approximate surface area is 103 Å². The molecule has 0 aliphatic heterocycles. The summed E-state index contributed by atoms with van der Waals surface area (Å²) in [6.07, 6.45) is 1.03. The number of rotatable bonds is 11. The highest BCUT2D eigenvalue weighted by molar-refractivity contribution is 7.85. The molecular weight excluding hydrogens is 248 g/mol. The number of methoxy groups -OCH3 is 1. The molecule has 0 bridgehead atoms. The zero-order valence-corrected chi connectivity index (χ0v) is 11.5. The van der Waals surface area contributed by atoms with Gasteiger partial charge in [-0.25, -0.2) is 0 Å². The van der Waals surface area contributed by atoms with Crippen molar-refractivity contribution in [3.8, 4) is 0 Å². The second-order valence-electron chi connectivity index (χ2n) is 3.77. The first-order valence-corrected chi connectivity index (χ1v) is 7.26. The molecule has 17 heavy (non-hydrogen) atoms. The molecule has 0 N–H and O–H groups in total. The van der Waals surface area contributed by atoms with Crippen LogP contribution in [0.2, 0.25) is 0 Å². The highest BCUT2D eigenvalue weighted by Crippen LogP contribution is 1.99. The van der Waals surface area contributed by atoms with E-state index in [1.165, 1.54) is 0 Å². The monoisotopic (exact) mass is 270 g/mol. The molecule has 0 aromatic rings. The molecule has 0 aliphatic rings. The van der Waals surface area contributed by atoms with Crippen molar-refractivity contribution in [2.24, 2.45) is 5.92 Å². The molecule has 0 saturated carbocycles. The number of hydrogen-bond donors (Lipinski definition) is 0. The Hall–Kier alpha value is -0.210. The van der Waals surface area contributed by atoms with Crippen LogP contribution in [0, 0.1) is 5.92 Å². The quantitative estimate of drug-likeness (QED) is 0.397.